The summed E-state index contributed by atoms with van der Waals surface area (Å²) >= 11 is 0. The van der Waals surface area contributed by atoms with E-state index in [1.165, 1.54) is 24.1 Å². The molecule has 1 aliphatic heterocycles. The van der Waals surface area contributed by atoms with Crippen LogP contribution in [0.1, 0.15) is 44.9 Å². The summed E-state index contributed by atoms with van der Waals surface area (Å²) in [6.45, 7) is 9.28. The molecule has 21 heavy (non-hydrogen) atoms. The molecular formula is C17H27N3O. The van der Waals surface area contributed by atoms with Crippen molar-refractivity contribution < 1.29 is 4.74 Å². The van der Waals surface area contributed by atoms with E-state index in [0.717, 1.165) is 37.9 Å². The Morgan fingerprint density at radius 1 is 1.24 bits per heavy atom. The number of ether oxygens (including phenoxy) is 1. The quantitative estimate of drug-likeness (QED) is 0.904. The molecule has 4 heteroatoms. The van der Waals surface area contributed by atoms with Crippen molar-refractivity contribution in [3.63, 3.8) is 0 Å². The summed E-state index contributed by atoms with van der Waals surface area (Å²) in [5.74, 6) is 1.11. The van der Waals surface area contributed by atoms with Gasteiger partial charge in [-0.1, -0.05) is 6.92 Å². The van der Waals surface area contributed by atoms with Crippen LogP contribution in [0.4, 0.5) is 5.82 Å². The molecule has 2 fully saturated rings. The smallest absolute Gasteiger partial charge is 0.129 e. The van der Waals surface area contributed by atoms with Crippen LogP contribution in [0.5, 0.6) is 0 Å². The van der Waals surface area contributed by atoms with Crippen LogP contribution in [0.15, 0.2) is 12.1 Å². The largest absolute Gasteiger partial charge is 0.372 e. The number of aromatic nitrogens is 1. The van der Waals surface area contributed by atoms with Crippen LogP contribution in [0.3, 0.4) is 0 Å². The first-order valence-corrected chi connectivity index (χ1v) is 8.27. The Morgan fingerprint density at radius 2 is 1.95 bits per heavy atom. The van der Waals surface area contributed by atoms with Gasteiger partial charge >= 0.3 is 0 Å². The van der Waals surface area contributed by atoms with Crippen LogP contribution < -0.4 is 10.2 Å². The summed E-state index contributed by atoms with van der Waals surface area (Å²) in [6, 6.07) is 5.24. The second-order valence-electron chi connectivity index (χ2n) is 6.50. The lowest BCUT2D eigenvalue weighted by Gasteiger charge is -2.36. The van der Waals surface area contributed by atoms with Crippen LogP contribution in [0, 0.1) is 0 Å². The van der Waals surface area contributed by atoms with Gasteiger partial charge in [-0.3, -0.25) is 0 Å². The third-order valence-electron chi connectivity index (χ3n) is 4.20. The van der Waals surface area contributed by atoms with Gasteiger partial charge < -0.3 is 15.0 Å². The van der Waals surface area contributed by atoms with Crippen LogP contribution in [0.2, 0.25) is 0 Å². The summed E-state index contributed by atoms with van der Waals surface area (Å²) in [6.07, 6.45) is 4.19. The normalized spacial score (nSPS) is 26.1. The Morgan fingerprint density at radius 3 is 2.57 bits per heavy atom. The molecule has 1 N–H and O–H groups in total. The lowest BCUT2D eigenvalue weighted by Crippen LogP contribution is -2.46. The van der Waals surface area contributed by atoms with Crippen molar-refractivity contribution in [1.29, 1.82) is 0 Å². The van der Waals surface area contributed by atoms with Crippen molar-refractivity contribution in [3.8, 4) is 0 Å². The van der Waals surface area contributed by atoms with Gasteiger partial charge in [-0.2, -0.15) is 0 Å². The second-order valence-corrected chi connectivity index (χ2v) is 6.50. The highest BCUT2D eigenvalue weighted by atomic mass is 16.5. The zero-order chi connectivity index (χ0) is 14.8. The monoisotopic (exact) mass is 289 g/mol. The molecule has 1 saturated heterocycles. The SMILES string of the molecule is CCc1cc(CNC2CC2)cc(N2C[C@@H](C)O[C@@H](C)C2)n1. The molecule has 0 spiro atoms. The van der Waals surface area contributed by atoms with E-state index in [9.17, 15) is 0 Å². The molecule has 0 unspecified atom stereocenters. The molecular weight excluding hydrogens is 262 g/mol. The van der Waals surface area contributed by atoms with E-state index >= 15 is 0 Å². The number of hydrogen-bond donors (Lipinski definition) is 1. The Labute approximate surface area is 127 Å². The summed E-state index contributed by atoms with van der Waals surface area (Å²) in [7, 11) is 0. The van der Waals surface area contributed by atoms with Gasteiger partial charge in [0.05, 0.1) is 12.2 Å². The minimum atomic E-state index is 0.272. The van der Waals surface area contributed by atoms with Gasteiger partial charge in [-0.25, -0.2) is 4.98 Å². The number of anilines is 1. The lowest BCUT2D eigenvalue weighted by molar-refractivity contribution is -0.00547. The topological polar surface area (TPSA) is 37.4 Å². The zero-order valence-electron chi connectivity index (χ0n) is 13.4. The molecule has 3 rings (SSSR count). The fourth-order valence-electron chi connectivity index (χ4n) is 2.99. The molecule has 1 aromatic heterocycles. The van der Waals surface area contributed by atoms with Crippen LogP contribution in [-0.2, 0) is 17.7 Å². The highest BCUT2D eigenvalue weighted by Gasteiger charge is 2.24. The maximum absolute atomic E-state index is 5.83. The van der Waals surface area contributed by atoms with Crippen molar-refractivity contribution in [3.05, 3.63) is 23.4 Å². The number of pyridine rings is 1. The molecule has 0 radical (unpaired) electrons. The third kappa shape index (κ3) is 3.95. The van der Waals surface area contributed by atoms with Gasteiger partial charge in [0, 0.05) is 31.4 Å². The first kappa shape index (κ1) is 14.8. The van der Waals surface area contributed by atoms with Gasteiger partial charge in [0.1, 0.15) is 5.82 Å². The second kappa shape index (κ2) is 6.32. The zero-order valence-corrected chi connectivity index (χ0v) is 13.4. The molecule has 1 aliphatic carbocycles. The third-order valence-corrected chi connectivity index (χ3v) is 4.20. The van der Waals surface area contributed by atoms with Crippen molar-refractivity contribution >= 4 is 5.82 Å². The van der Waals surface area contributed by atoms with Crippen molar-refractivity contribution in [2.75, 3.05) is 18.0 Å². The Bertz CT molecular complexity index is 477. The molecule has 0 aromatic carbocycles. The van der Waals surface area contributed by atoms with Crippen molar-refractivity contribution in [1.82, 2.24) is 10.3 Å². The van der Waals surface area contributed by atoms with Gasteiger partial charge in [0.2, 0.25) is 0 Å². The molecule has 0 amide bonds. The van der Waals surface area contributed by atoms with E-state index in [0.29, 0.717) is 0 Å². The molecule has 2 aliphatic rings. The fourth-order valence-corrected chi connectivity index (χ4v) is 2.99. The number of aryl methyl sites for hydroxylation is 1. The van der Waals surface area contributed by atoms with Crippen LogP contribution in [0.25, 0.3) is 0 Å². The number of rotatable bonds is 5. The van der Waals surface area contributed by atoms with Gasteiger partial charge in [0.15, 0.2) is 0 Å². The maximum Gasteiger partial charge on any atom is 0.129 e. The highest BCUT2D eigenvalue weighted by Crippen LogP contribution is 2.23. The van der Waals surface area contributed by atoms with E-state index in [-0.39, 0.29) is 12.2 Å². The van der Waals surface area contributed by atoms with E-state index in [1.807, 2.05) is 0 Å². The number of nitrogens with one attached hydrogen (secondary N) is 1. The van der Waals surface area contributed by atoms with Crippen LogP contribution in [-0.4, -0.2) is 36.3 Å². The molecule has 1 saturated carbocycles. The lowest BCUT2D eigenvalue weighted by atomic mass is 10.1. The predicted octanol–water partition coefficient (Wildman–Crippen LogP) is 2.51. The van der Waals surface area contributed by atoms with Gasteiger partial charge in [-0.05, 0) is 50.8 Å². The Kier molecular flexibility index (Phi) is 4.45. The first-order chi connectivity index (χ1) is 10.1. The summed E-state index contributed by atoms with van der Waals surface area (Å²) in [4.78, 5) is 7.20. The average molecular weight is 289 g/mol. The molecule has 4 nitrogen and oxygen atoms in total. The first-order valence-electron chi connectivity index (χ1n) is 8.27. The minimum absolute atomic E-state index is 0.272. The molecule has 1 aromatic rings. The predicted molar refractivity (Wildman–Crippen MR) is 85.7 cm³/mol. The Balaban J connectivity index is 1.77. The fraction of sp³-hybridized carbons (Fsp3) is 0.706. The van der Waals surface area contributed by atoms with E-state index in [4.69, 9.17) is 9.72 Å². The summed E-state index contributed by atoms with van der Waals surface area (Å²) in [5, 5.41) is 3.60. The van der Waals surface area contributed by atoms with Gasteiger partial charge in [-0.15, -0.1) is 0 Å². The number of morpholine rings is 1. The van der Waals surface area contributed by atoms with Crippen molar-refractivity contribution in [2.45, 2.75) is 64.8 Å². The van der Waals surface area contributed by atoms with Crippen LogP contribution >= 0.6 is 0 Å². The molecule has 2 atom stereocenters. The maximum atomic E-state index is 5.83. The average Bonchev–Trinajstić information content (AvgIpc) is 3.28. The molecule has 0 bridgehead atoms. The van der Waals surface area contributed by atoms with Crippen molar-refractivity contribution in [2.24, 2.45) is 0 Å². The number of nitrogens with zero attached hydrogens (tertiary/aromatic N) is 2. The highest BCUT2D eigenvalue weighted by molar-refractivity contribution is 5.43. The van der Waals surface area contributed by atoms with E-state index in [1.54, 1.807) is 0 Å². The van der Waals surface area contributed by atoms with Gasteiger partial charge in [0.25, 0.3) is 0 Å². The Hall–Kier alpha value is -1.13. The summed E-state index contributed by atoms with van der Waals surface area (Å²) in [5.41, 5.74) is 2.54. The van der Waals surface area contributed by atoms with E-state index < -0.39 is 0 Å². The summed E-state index contributed by atoms with van der Waals surface area (Å²) < 4.78 is 5.83. The minimum Gasteiger partial charge on any atom is -0.372 e. The molecule has 2 heterocycles. The number of hydrogen-bond acceptors (Lipinski definition) is 4. The standard InChI is InChI=1S/C17H27N3O/c1-4-15-7-14(9-18-16-5-6-16)8-17(19-15)20-10-12(2)21-13(3)11-20/h7-8,12-13,16,18H,4-6,9-11H2,1-3H3/t12-,13+. The molecule has 116 valence electrons. The van der Waals surface area contributed by atoms with E-state index in [2.05, 4.69) is 43.1 Å².